The van der Waals surface area contributed by atoms with Gasteiger partial charge < -0.3 is 14.8 Å². The topological polar surface area (TPSA) is 75.3 Å². The SMILES string of the molecule is O=C(O)CCn1ccnc1C(O)c1cccc(Cl)c1. The number of hydrogen-bond donors (Lipinski definition) is 2. The van der Waals surface area contributed by atoms with Crippen LogP contribution in [-0.2, 0) is 11.3 Å². The van der Waals surface area contributed by atoms with Crippen LogP contribution in [0, 0.1) is 0 Å². The number of carbonyl (C=O) groups is 1. The number of halogens is 1. The second-order valence-electron chi connectivity index (χ2n) is 4.08. The number of hydrogen-bond acceptors (Lipinski definition) is 3. The number of carboxylic acid groups (broad SMARTS) is 1. The van der Waals surface area contributed by atoms with E-state index in [0.29, 0.717) is 16.4 Å². The highest BCUT2D eigenvalue weighted by molar-refractivity contribution is 6.30. The lowest BCUT2D eigenvalue weighted by Crippen LogP contribution is -2.12. The molecule has 100 valence electrons. The molecule has 0 saturated carbocycles. The monoisotopic (exact) mass is 280 g/mol. The highest BCUT2D eigenvalue weighted by Crippen LogP contribution is 2.23. The predicted molar refractivity (Wildman–Crippen MR) is 70.0 cm³/mol. The molecule has 5 nitrogen and oxygen atoms in total. The van der Waals surface area contributed by atoms with Gasteiger partial charge in [-0.05, 0) is 17.7 Å². The van der Waals surface area contributed by atoms with Crippen LogP contribution in [0.15, 0.2) is 36.7 Å². The Hall–Kier alpha value is -1.85. The van der Waals surface area contributed by atoms with E-state index in [2.05, 4.69) is 4.98 Å². The van der Waals surface area contributed by atoms with Crippen molar-refractivity contribution >= 4 is 17.6 Å². The molecular weight excluding hydrogens is 268 g/mol. The number of rotatable bonds is 5. The lowest BCUT2D eigenvalue weighted by Gasteiger charge is -2.13. The minimum Gasteiger partial charge on any atom is -0.481 e. The Morgan fingerprint density at radius 1 is 1.47 bits per heavy atom. The molecule has 0 fully saturated rings. The minimum atomic E-state index is -0.928. The second-order valence-corrected chi connectivity index (χ2v) is 4.52. The van der Waals surface area contributed by atoms with Gasteiger partial charge >= 0.3 is 5.97 Å². The summed E-state index contributed by atoms with van der Waals surface area (Å²) >= 11 is 5.88. The molecule has 0 spiro atoms. The van der Waals surface area contributed by atoms with E-state index >= 15 is 0 Å². The van der Waals surface area contributed by atoms with Gasteiger partial charge in [0.1, 0.15) is 11.9 Å². The number of carboxylic acids is 1. The number of imidazole rings is 1. The standard InChI is InChI=1S/C13H13ClN2O3/c14-10-3-1-2-9(8-10)12(19)13-15-5-7-16(13)6-4-11(17)18/h1-3,5,7-8,12,19H,4,6H2,(H,17,18). The Morgan fingerprint density at radius 2 is 2.26 bits per heavy atom. The number of benzene rings is 1. The largest absolute Gasteiger partial charge is 0.481 e. The highest BCUT2D eigenvalue weighted by Gasteiger charge is 2.16. The van der Waals surface area contributed by atoms with Crippen LogP contribution in [-0.4, -0.2) is 25.7 Å². The number of aliphatic hydroxyl groups excluding tert-OH is 1. The molecule has 0 aliphatic carbocycles. The molecule has 2 N–H and O–H groups in total. The summed E-state index contributed by atoms with van der Waals surface area (Å²) in [6.07, 6.45) is 2.23. The van der Waals surface area contributed by atoms with Crippen molar-refractivity contribution < 1.29 is 15.0 Å². The fourth-order valence-electron chi connectivity index (χ4n) is 1.80. The van der Waals surface area contributed by atoms with Crippen molar-refractivity contribution in [1.29, 1.82) is 0 Å². The maximum atomic E-state index is 10.6. The van der Waals surface area contributed by atoms with Gasteiger partial charge in [-0.25, -0.2) is 4.98 Å². The van der Waals surface area contributed by atoms with E-state index in [-0.39, 0.29) is 13.0 Å². The third-order valence-electron chi connectivity index (χ3n) is 2.72. The van der Waals surface area contributed by atoms with Crippen LogP contribution < -0.4 is 0 Å². The maximum Gasteiger partial charge on any atom is 0.305 e. The third kappa shape index (κ3) is 3.33. The zero-order valence-electron chi connectivity index (χ0n) is 10.0. The quantitative estimate of drug-likeness (QED) is 0.879. The van der Waals surface area contributed by atoms with Crippen molar-refractivity contribution in [2.75, 3.05) is 0 Å². The Bertz CT molecular complexity index is 583. The predicted octanol–water partition coefficient (Wildman–Crippen LogP) is 2.09. The average molecular weight is 281 g/mol. The first-order valence-electron chi connectivity index (χ1n) is 5.74. The summed E-state index contributed by atoms with van der Waals surface area (Å²) in [6.45, 7) is 0.266. The van der Waals surface area contributed by atoms with Gasteiger partial charge in [-0.3, -0.25) is 4.79 Å². The first-order valence-corrected chi connectivity index (χ1v) is 6.12. The summed E-state index contributed by atoms with van der Waals surface area (Å²) in [4.78, 5) is 14.7. The molecule has 2 aromatic rings. The molecule has 0 amide bonds. The summed E-state index contributed by atoms with van der Waals surface area (Å²) in [5, 5.41) is 19.5. The molecule has 0 saturated heterocycles. The van der Waals surface area contributed by atoms with E-state index in [0.717, 1.165) is 0 Å². The number of nitrogens with zero attached hydrogens (tertiary/aromatic N) is 2. The van der Waals surface area contributed by atoms with Crippen molar-refractivity contribution in [3.8, 4) is 0 Å². The van der Waals surface area contributed by atoms with Gasteiger partial charge in [0.25, 0.3) is 0 Å². The van der Waals surface area contributed by atoms with Gasteiger partial charge in [-0.1, -0.05) is 23.7 Å². The normalized spacial score (nSPS) is 12.3. The second kappa shape index (κ2) is 5.86. The Balaban J connectivity index is 2.22. The first-order chi connectivity index (χ1) is 9.08. The van der Waals surface area contributed by atoms with Crippen molar-refractivity contribution in [3.63, 3.8) is 0 Å². The number of aromatic nitrogens is 2. The Morgan fingerprint density at radius 3 is 2.95 bits per heavy atom. The number of aliphatic carboxylic acids is 1. The lowest BCUT2D eigenvalue weighted by molar-refractivity contribution is -0.137. The van der Waals surface area contributed by atoms with Crippen molar-refractivity contribution in [2.45, 2.75) is 19.1 Å². The van der Waals surface area contributed by atoms with Gasteiger partial charge in [0, 0.05) is 24.0 Å². The molecule has 0 aliphatic heterocycles. The first kappa shape index (κ1) is 13.6. The van der Waals surface area contributed by atoms with Crippen LogP contribution in [0.5, 0.6) is 0 Å². The highest BCUT2D eigenvalue weighted by atomic mass is 35.5. The summed E-state index contributed by atoms with van der Waals surface area (Å²) in [5.74, 6) is -0.486. The number of aryl methyl sites for hydroxylation is 1. The van der Waals surface area contributed by atoms with Crippen LogP contribution in [0.1, 0.15) is 23.9 Å². The number of aliphatic hydroxyl groups is 1. The van der Waals surface area contributed by atoms with Crippen molar-refractivity contribution in [3.05, 3.63) is 53.1 Å². The van der Waals surface area contributed by atoms with Gasteiger partial charge in [0.05, 0.1) is 6.42 Å². The molecule has 0 aliphatic rings. The van der Waals surface area contributed by atoms with Gasteiger partial charge in [0.15, 0.2) is 0 Å². The molecule has 2 rings (SSSR count). The van der Waals surface area contributed by atoms with E-state index in [1.54, 1.807) is 35.0 Å². The Kier molecular flexibility index (Phi) is 4.19. The fourth-order valence-corrected chi connectivity index (χ4v) is 2.00. The van der Waals surface area contributed by atoms with Crippen molar-refractivity contribution in [2.24, 2.45) is 0 Å². The average Bonchev–Trinajstić information content (AvgIpc) is 2.83. The zero-order chi connectivity index (χ0) is 13.8. The van der Waals surface area contributed by atoms with Crippen LogP contribution in [0.25, 0.3) is 0 Å². The third-order valence-corrected chi connectivity index (χ3v) is 2.96. The molecular formula is C13H13ClN2O3. The van der Waals surface area contributed by atoms with E-state index in [9.17, 15) is 9.90 Å². The molecule has 0 radical (unpaired) electrons. The summed E-state index contributed by atoms with van der Waals surface area (Å²) < 4.78 is 1.62. The summed E-state index contributed by atoms with van der Waals surface area (Å²) in [6, 6.07) is 6.86. The molecule has 1 aromatic carbocycles. The van der Waals surface area contributed by atoms with E-state index in [1.807, 2.05) is 0 Å². The van der Waals surface area contributed by atoms with E-state index in [1.165, 1.54) is 6.20 Å². The molecule has 1 unspecified atom stereocenters. The zero-order valence-corrected chi connectivity index (χ0v) is 10.8. The lowest BCUT2D eigenvalue weighted by atomic mass is 10.1. The molecule has 19 heavy (non-hydrogen) atoms. The molecule has 1 heterocycles. The Labute approximate surface area is 115 Å². The van der Waals surface area contributed by atoms with Crippen LogP contribution >= 0.6 is 11.6 Å². The van der Waals surface area contributed by atoms with Gasteiger partial charge in [-0.15, -0.1) is 0 Å². The van der Waals surface area contributed by atoms with Gasteiger partial charge in [-0.2, -0.15) is 0 Å². The molecule has 1 atom stereocenters. The molecule has 0 bridgehead atoms. The van der Waals surface area contributed by atoms with E-state index in [4.69, 9.17) is 16.7 Å². The van der Waals surface area contributed by atoms with Crippen LogP contribution in [0.4, 0.5) is 0 Å². The summed E-state index contributed by atoms with van der Waals surface area (Å²) in [7, 11) is 0. The maximum absolute atomic E-state index is 10.6. The smallest absolute Gasteiger partial charge is 0.305 e. The summed E-state index contributed by atoms with van der Waals surface area (Å²) in [5.41, 5.74) is 0.621. The minimum absolute atomic E-state index is 0.0222. The van der Waals surface area contributed by atoms with Crippen LogP contribution in [0.3, 0.4) is 0 Å². The molecule has 6 heteroatoms. The van der Waals surface area contributed by atoms with E-state index < -0.39 is 12.1 Å². The van der Waals surface area contributed by atoms with Crippen molar-refractivity contribution in [1.82, 2.24) is 9.55 Å². The fraction of sp³-hybridized carbons (Fsp3) is 0.231. The van der Waals surface area contributed by atoms with Gasteiger partial charge in [0.2, 0.25) is 0 Å². The van der Waals surface area contributed by atoms with Crippen LogP contribution in [0.2, 0.25) is 5.02 Å². The molecule has 1 aromatic heterocycles.